The zero-order valence-corrected chi connectivity index (χ0v) is 4.66. The minimum absolute atomic E-state index is 0.258. The largest absolute Gasteiger partial charge is 0.349 e. The first kappa shape index (κ1) is 7.90. The lowest BCUT2D eigenvalue weighted by Gasteiger charge is -2.02. The lowest BCUT2D eigenvalue weighted by molar-refractivity contribution is -0.166. The molecule has 0 aliphatic heterocycles. The van der Waals surface area contributed by atoms with Crippen molar-refractivity contribution in [3.8, 4) is 0 Å². The third kappa shape index (κ3) is 2.09. The summed E-state index contributed by atoms with van der Waals surface area (Å²) in [5.41, 5.74) is 4.44. The molecule has 0 saturated heterocycles. The second kappa shape index (κ2) is 3.03. The Morgan fingerprint density at radius 3 is 2.11 bits per heavy atom. The van der Waals surface area contributed by atoms with E-state index in [4.69, 9.17) is 0 Å². The van der Waals surface area contributed by atoms with Gasteiger partial charge >= 0.3 is 6.03 Å². The summed E-state index contributed by atoms with van der Waals surface area (Å²) >= 11 is 0. The highest BCUT2D eigenvalue weighted by atomic mass is 16.5. The van der Waals surface area contributed by atoms with Crippen LogP contribution in [0, 0.1) is 6.92 Å². The maximum atomic E-state index is 10.2. The number of carbonyl (C=O) groups is 2. The molecule has 0 aliphatic rings. The quantitative estimate of drug-likeness (QED) is 0.483. The van der Waals surface area contributed by atoms with Gasteiger partial charge < -0.3 is 5.73 Å². The summed E-state index contributed by atoms with van der Waals surface area (Å²) in [5.74, 6) is -0.928. The normalized spacial score (nSPS) is 8.67. The molecule has 9 heavy (non-hydrogen) atoms. The number of carbonyl (C=O) groups excluding carboxylic acids is 2. The van der Waals surface area contributed by atoms with Gasteiger partial charge in [0.15, 0.2) is 0 Å². The van der Waals surface area contributed by atoms with Crippen LogP contribution in [-0.2, 0) is 10.0 Å². The lowest BCUT2D eigenvalue weighted by atomic mass is 10.4. The number of rotatable bonds is 1. The Labute approximate surface area is 52.0 Å². The van der Waals surface area contributed by atoms with Gasteiger partial charge in [-0.05, 0) is 6.92 Å². The summed E-state index contributed by atoms with van der Waals surface area (Å²) < 4.78 is 0. The van der Waals surface area contributed by atoms with E-state index in [1.165, 1.54) is 0 Å². The molecule has 0 unspecified atom stereocenters. The molecule has 0 aromatic carbocycles. The molecular formula is C4H6N2O3. The minimum Gasteiger partial charge on any atom is -0.349 e. The van der Waals surface area contributed by atoms with Crippen molar-refractivity contribution in [3.05, 3.63) is 6.92 Å². The van der Waals surface area contributed by atoms with Gasteiger partial charge in [-0.2, -0.15) is 0 Å². The zero-order valence-electron chi connectivity index (χ0n) is 4.66. The molecule has 3 amide bonds. The van der Waals surface area contributed by atoms with E-state index < -0.39 is 17.0 Å². The fourth-order valence-corrected chi connectivity index (χ4v) is 0.224. The topological polar surface area (TPSA) is 83.3 Å². The maximum absolute atomic E-state index is 10.2. The third-order valence-corrected chi connectivity index (χ3v) is 0.641. The van der Waals surface area contributed by atoms with E-state index in [2.05, 4.69) is 12.7 Å². The first-order valence-corrected chi connectivity index (χ1v) is 2.18. The van der Waals surface area contributed by atoms with E-state index >= 15 is 0 Å². The van der Waals surface area contributed by atoms with Crippen molar-refractivity contribution in [3.63, 3.8) is 0 Å². The van der Waals surface area contributed by atoms with Gasteiger partial charge in [-0.25, -0.2) is 4.79 Å². The molecule has 2 N–H and O–H groups in total. The number of nitrogens with two attached hydrogens (primary N) is 1. The number of hydrogen-bond acceptors (Lipinski definition) is 2. The number of amides is 3. The van der Waals surface area contributed by atoms with Crippen molar-refractivity contribution in [2.45, 2.75) is 6.42 Å². The van der Waals surface area contributed by atoms with Crippen molar-refractivity contribution in [1.82, 2.24) is 5.06 Å². The van der Waals surface area contributed by atoms with Crippen LogP contribution in [0.15, 0.2) is 0 Å². The van der Waals surface area contributed by atoms with Crippen LogP contribution >= 0.6 is 0 Å². The second-order valence-electron chi connectivity index (χ2n) is 1.28. The average Bonchev–Trinajstić information content (AvgIpc) is 1.84. The van der Waals surface area contributed by atoms with Crippen LogP contribution in [0.25, 0.3) is 0 Å². The van der Waals surface area contributed by atoms with Crippen LogP contribution in [-0.4, -0.2) is 17.0 Å². The van der Waals surface area contributed by atoms with Crippen molar-refractivity contribution in [2.75, 3.05) is 0 Å². The van der Waals surface area contributed by atoms with Crippen molar-refractivity contribution < 1.29 is 14.8 Å². The molecule has 0 rings (SSSR count). The molecule has 2 radical (unpaired) electrons. The van der Waals surface area contributed by atoms with Gasteiger partial charge in [0.25, 0.3) is 5.91 Å². The molecule has 0 heterocycles. The summed E-state index contributed by atoms with van der Waals surface area (Å²) in [4.78, 5) is 20.1. The summed E-state index contributed by atoms with van der Waals surface area (Å²) in [7, 11) is 0. The SMILES string of the molecule is [CH2]CC(=O)N([O])C(N)=O. The monoisotopic (exact) mass is 130 g/mol. The number of primary amides is 1. The number of imide groups is 1. The Balaban J connectivity index is 3.88. The smallest absolute Gasteiger partial charge is 0.348 e. The maximum Gasteiger partial charge on any atom is 0.348 e. The molecule has 50 valence electrons. The van der Waals surface area contributed by atoms with Gasteiger partial charge in [0.05, 0.1) is 0 Å². The van der Waals surface area contributed by atoms with E-state index in [1.807, 2.05) is 0 Å². The Kier molecular flexibility index (Phi) is 2.66. The van der Waals surface area contributed by atoms with Gasteiger partial charge in [0.2, 0.25) is 0 Å². The molecule has 5 nitrogen and oxygen atoms in total. The molecule has 0 saturated carbocycles. The van der Waals surface area contributed by atoms with Gasteiger partial charge in [-0.3, -0.25) is 4.79 Å². The number of hydrogen-bond donors (Lipinski definition) is 1. The highest BCUT2D eigenvalue weighted by Gasteiger charge is 2.14. The third-order valence-electron chi connectivity index (χ3n) is 0.641. The zero-order chi connectivity index (χ0) is 7.44. The van der Waals surface area contributed by atoms with Gasteiger partial charge in [0.1, 0.15) is 0 Å². The van der Waals surface area contributed by atoms with Gasteiger partial charge in [-0.15, -0.1) is 5.06 Å². The predicted molar refractivity (Wildman–Crippen MR) is 27.1 cm³/mol. The minimum atomic E-state index is -1.30. The standard InChI is InChI=1S/C4H6N2O3/c1-2-3(7)6(9)4(5)8/h1-2H2,(H2,5,8). The van der Waals surface area contributed by atoms with E-state index in [-0.39, 0.29) is 6.42 Å². The predicted octanol–water partition coefficient (Wildman–Crippen LogP) is -0.537. The Morgan fingerprint density at radius 1 is 1.56 bits per heavy atom. The van der Waals surface area contributed by atoms with Crippen molar-refractivity contribution in [2.24, 2.45) is 5.73 Å². The molecule has 0 bridgehead atoms. The molecule has 0 aromatic rings. The fourth-order valence-electron chi connectivity index (χ4n) is 0.224. The van der Waals surface area contributed by atoms with Crippen LogP contribution in [0.2, 0.25) is 0 Å². The highest BCUT2D eigenvalue weighted by molar-refractivity contribution is 5.92. The van der Waals surface area contributed by atoms with Crippen LogP contribution in [0.3, 0.4) is 0 Å². The highest BCUT2D eigenvalue weighted by Crippen LogP contribution is 1.87. The van der Waals surface area contributed by atoms with Gasteiger partial charge in [-0.1, -0.05) is 5.21 Å². The first-order chi connectivity index (χ1) is 4.09. The molecule has 0 aliphatic carbocycles. The lowest BCUT2D eigenvalue weighted by Crippen LogP contribution is -2.36. The fraction of sp³-hybridized carbons (Fsp3) is 0.250. The molecule has 0 spiro atoms. The van der Waals surface area contributed by atoms with Crippen LogP contribution < -0.4 is 5.73 Å². The second-order valence-corrected chi connectivity index (χ2v) is 1.28. The van der Waals surface area contributed by atoms with E-state index in [0.717, 1.165) is 0 Å². The average molecular weight is 130 g/mol. The number of nitrogens with zero attached hydrogens (tertiary/aromatic N) is 1. The summed E-state index contributed by atoms with van der Waals surface area (Å²) in [6.07, 6.45) is -0.258. The van der Waals surface area contributed by atoms with Crippen molar-refractivity contribution >= 4 is 11.9 Å². The Morgan fingerprint density at radius 2 is 2.00 bits per heavy atom. The molecule has 0 fully saturated rings. The molecule has 0 atom stereocenters. The number of urea groups is 1. The summed E-state index contributed by atoms with van der Waals surface area (Å²) in [5, 5.41) is 9.70. The van der Waals surface area contributed by atoms with E-state index in [1.54, 1.807) is 0 Å². The Bertz CT molecular complexity index is 134. The number of hydroxylamine groups is 2. The van der Waals surface area contributed by atoms with Crippen LogP contribution in [0.4, 0.5) is 4.79 Å². The molecule has 0 aromatic heterocycles. The summed E-state index contributed by atoms with van der Waals surface area (Å²) in [6, 6.07) is -1.30. The molecular weight excluding hydrogens is 124 g/mol. The van der Waals surface area contributed by atoms with Crippen molar-refractivity contribution in [1.29, 1.82) is 0 Å². The first-order valence-electron chi connectivity index (χ1n) is 2.18. The van der Waals surface area contributed by atoms with Crippen LogP contribution in [0.5, 0.6) is 0 Å². The van der Waals surface area contributed by atoms with Crippen LogP contribution in [0.1, 0.15) is 6.42 Å². The van der Waals surface area contributed by atoms with E-state index in [9.17, 15) is 14.8 Å². The molecule has 5 heteroatoms. The Hall–Kier alpha value is -1.10. The summed E-state index contributed by atoms with van der Waals surface area (Å²) in [6.45, 7) is 3.09. The van der Waals surface area contributed by atoms with Gasteiger partial charge in [0, 0.05) is 6.42 Å². The van der Waals surface area contributed by atoms with E-state index in [0.29, 0.717) is 0 Å².